The number of benzene rings is 1. The van der Waals surface area contributed by atoms with Crippen LogP contribution >= 0.6 is 0 Å². The molecule has 0 bridgehead atoms. The highest BCUT2D eigenvalue weighted by Gasteiger charge is 2.28. The van der Waals surface area contributed by atoms with E-state index in [0.29, 0.717) is 6.54 Å². The van der Waals surface area contributed by atoms with E-state index >= 15 is 0 Å². The summed E-state index contributed by atoms with van der Waals surface area (Å²) in [5.41, 5.74) is 6.50. The Kier molecular flexibility index (Phi) is 4.26. The quantitative estimate of drug-likeness (QED) is 0.646. The number of hydrogen-bond acceptors (Lipinski definition) is 7. The molecule has 0 amide bonds. The van der Waals surface area contributed by atoms with Crippen molar-refractivity contribution in [2.75, 3.05) is 22.8 Å². The predicted octanol–water partition coefficient (Wildman–Crippen LogP) is 3.15. The molecule has 3 N–H and O–H groups in total. The van der Waals surface area contributed by atoms with Gasteiger partial charge >= 0.3 is 0 Å². The lowest BCUT2D eigenvalue weighted by molar-refractivity contribution is 0.171. The number of nitrogens with zero attached hydrogens (tertiary/aromatic N) is 4. The van der Waals surface area contributed by atoms with Gasteiger partial charge in [0.1, 0.15) is 5.82 Å². The summed E-state index contributed by atoms with van der Waals surface area (Å²) in [6.45, 7) is 0.698. The van der Waals surface area contributed by atoms with Crippen LogP contribution in [0, 0.1) is 0 Å². The Morgan fingerprint density at radius 1 is 1.21 bits per heavy atom. The van der Waals surface area contributed by atoms with Gasteiger partial charge in [0.2, 0.25) is 0 Å². The lowest BCUT2D eigenvalue weighted by Gasteiger charge is -2.25. The Morgan fingerprint density at radius 3 is 3.00 bits per heavy atom. The van der Waals surface area contributed by atoms with Crippen LogP contribution in [0.2, 0.25) is 0 Å². The van der Waals surface area contributed by atoms with Gasteiger partial charge in [-0.3, -0.25) is 15.4 Å². The summed E-state index contributed by atoms with van der Waals surface area (Å²) in [6.07, 6.45) is 4.41. The maximum atomic E-state index is 10.1. The standard InChI is InChI=1S/C21H24N6O/c1-26-25-18-9-10-20(23-17-5-2-6-19(17)28)24-21(18)27(26)13-14-7-8-16-15(12-14)4-3-11-22-16/h3-4,7-12,17,19,25,28H,2,5-6,13H2,1H3,(H,23,24). The summed E-state index contributed by atoms with van der Waals surface area (Å²) in [7, 11) is 1.98. The first-order chi connectivity index (χ1) is 13.7. The molecular weight excluding hydrogens is 352 g/mol. The van der Waals surface area contributed by atoms with Crippen LogP contribution in [0.5, 0.6) is 0 Å². The monoisotopic (exact) mass is 376 g/mol. The molecule has 0 spiro atoms. The van der Waals surface area contributed by atoms with Crippen molar-refractivity contribution in [3.05, 3.63) is 54.2 Å². The highest BCUT2D eigenvalue weighted by Crippen LogP contribution is 2.34. The van der Waals surface area contributed by atoms with E-state index in [-0.39, 0.29) is 12.1 Å². The fourth-order valence-corrected chi connectivity index (χ4v) is 4.07. The van der Waals surface area contributed by atoms with E-state index in [4.69, 9.17) is 4.98 Å². The van der Waals surface area contributed by atoms with Crippen molar-refractivity contribution < 1.29 is 5.11 Å². The zero-order chi connectivity index (χ0) is 19.1. The summed E-state index contributed by atoms with van der Waals surface area (Å²) >= 11 is 0. The minimum Gasteiger partial charge on any atom is -0.391 e. The molecule has 3 heterocycles. The second kappa shape index (κ2) is 6.92. The van der Waals surface area contributed by atoms with Crippen LogP contribution in [-0.4, -0.2) is 39.4 Å². The molecule has 3 aromatic rings. The number of hydrogen-bond donors (Lipinski definition) is 3. The molecule has 2 aliphatic rings. The van der Waals surface area contributed by atoms with Crippen molar-refractivity contribution in [1.82, 2.24) is 15.1 Å². The Labute approximate surface area is 164 Å². The first-order valence-corrected chi connectivity index (χ1v) is 9.74. The van der Waals surface area contributed by atoms with Crippen LogP contribution in [0.4, 0.5) is 17.3 Å². The van der Waals surface area contributed by atoms with Gasteiger partial charge in [0.05, 0.1) is 29.9 Å². The van der Waals surface area contributed by atoms with Crippen molar-refractivity contribution in [3.63, 3.8) is 0 Å². The van der Waals surface area contributed by atoms with Crippen LogP contribution in [0.3, 0.4) is 0 Å². The molecule has 28 heavy (non-hydrogen) atoms. The molecule has 1 aliphatic carbocycles. The topological polar surface area (TPSA) is 76.6 Å². The van der Waals surface area contributed by atoms with E-state index in [1.807, 2.05) is 36.6 Å². The maximum Gasteiger partial charge on any atom is 0.171 e. The highest BCUT2D eigenvalue weighted by molar-refractivity contribution is 5.79. The minimum atomic E-state index is -0.293. The zero-order valence-electron chi connectivity index (χ0n) is 15.8. The van der Waals surface area contributed by atoms with Crippen LogP contribution in [0.1, 0.15) is 24.8 Å². The third kappa shape index (κ3) is 3.12. The Bertz CT molecular complexity index is 1010. The summed E-state index contributed by atoms with van der Waals surface area (Å²) in [5.74, 6) is 1.68. The molecule has 2 atom stereocenters. The molecular formula is C21H24N6O. The number of nitrogens with one attached hydrogen (secondary N) is 2. The van der Waals surface area contributed by atoms with Crippen LogP contribution in [0.15, 0.2) is 48.7 Å². The van der Waals surface area contributed by atoms with E-state index < -0.39 is 0 Å². The lowest BCUT2D eigenvalue weighted by atomic mass is 10.1. The average Bonchev–Trinajstić information content (AvgIpc) is 3.25. The number of pyridine rings is 2. The van der Waals surface area contributed by atoms with E-state index in [1.165, 1.54) is 5.56 Å². The van der Waals surface area contributed by atoms with Gasteiger partial charge < -0.3 is 10.4 Å². The number of aliphatic hydroxyl groups excluding tert-OH is 1. The molecule has 1 aliphatic heterocycles. The van der Waals surface area contributed by atoms with Gasteiger partial charge in [-0.05, 0) is 55.2 Å². The van der Waals surface area contributed by atoms with Gasteiger partial charge in [-0.2, -0.15) is 0 Å². The largest absolute Gasteiger partial charge is 0.391 e. The van der Waals surface area contributed by atoms with Crippen LogP contribution < -0.4 is 15.8 Å². The summed E-state index contributed by atoms with van der Waals surface area (Å²) in [4.78, 5) is 9.22. The number of aromatic nitrogens is 2. The van der Waals surface area contributed by atoms with Crippen LogP contribution in [-0.2, 0) is 6.54 Å². The lowest BCUT2D eigenvalue weighted by Crippen LogP contribution is -2.38. The van der Waals surface area contributed by atoms with E-state index in [9.17, 15) is 5.11 Å². The maximum absolute atomic E-state index is 10.1. The predicted molar refractivity (Wildman–Crippen MR) is 111 cm³/mol. The first kappa shape index (κ1) is 17.2. The normalized spacial score (nSPS) is 21.7. The van der Waals surface area contributed by atoms with Crippen molar-refractivity contribution >= 4 is 28.2 Å². The van der Waals surface area contributed by atoms with Gasteiger partial charge in [-0.25, -0.2) is 4.98 Å². The number of fused-ring (bicyclic) bond motifs is 2. The van der Waals surface area contributed by atoms with Crippen LogP contribution in [0.25, 0.3) is 10.9 Å². The molecule has 7 heteroatoms. The second-order valence-corrected chi connectivity index (χ2v) is 7.54. The van der Waals surface area contributed by atoms with E-state index in [2.05, 4.69) is 45.0 Å². The number of rotatable bonds is 4. The fourth-order valence-electron chi connectivity index (χ4n) is 4.07. The molecule has 7 nitrogen and oxygen atoms in total. The van der Waals surface area contributed by atoms with Crippen molar-refractivity contribution in [2.24, 2.45) is 0 Å². The molecule has 1 saturated carbocycles. The zero-order valence-corrected chi connectivity index (χ0v) is 15.8. The van der Waals surface area contributed by atoms with Gasteiger partial charge in [0.15, 0.2) is 5.82 Å². The summed E-state index contributed by atoms with van der Waals surface area (Å²) < 4.78 is 0. The fraction of sp³-hybridized carbons (Fsp3) is 0.333. The molecule has 0 saturated heterocycles. The third-order valence-electron chi connectivity index (χ3n) is 5.58. The molecule has 2 aromatic heterocycles. The summed E-state index contributed by atoms with van der Waals surface area (Å²) in [5, 5.41) is 18.7. The number of hydrazine groups is 2. The van der Waals surface area contributed by atoms with Crippen molar-refractivity contribution in [2.45, 2.75) is 38.0 Å². The Hall–Kier alpha value is -2.90. The van der Waals surface area contributed by atoms with Gasteiger partial charge in [-0.1, -0.05) is 12.1 Å². The first-order valence-electron chi connectivity index (χ1n) is 9.74. The smallest absolute Gasteiger partial charge is 0.171 e. The second-order valence-electron chi connectivity index (χ2n) is 7.54. The SMILES string of the molecule is CN1Nc2ccc(NC3CCCC3O)nc2N1Cc1ccc2ncccc2c1. The Balaban J connectivity index is 1.40. The molecule has 144 valence electrons. The van der Waals surface area contributed by atoms with Gasteiger partial charge in [-0.15, -0.1) is 5.12 Å². The molecule has 0 radical (unpaired) electrons. The number of aliphatic hydroxyl groups is 1. The average molecular weight is 376 g/mol. The number of anilines is 3. The van der Waals surface area contributed by atoms with E-state index in [0.717, 1.165) is 47.5 Å². The molecule has 1 aromatic carbocycles. The van der Waals surface area contributed by atoms with Gasteiger partial charge in [0, 0.05) is 18.6 Å². The summed E-state index contributed by atoms with van der Waals surface area (Å²) in [6, 6.07) is 14.5. The molecule has 1 fully saturated rings. The minimum absolute atomic E-state index is 0.0825. The van der Waals surface area contributed by atoms with Crippen molar-refractivity contribution in [1.29, 1.82) is 0 Å². The molecule has 2 unspecified atom stereocenters. The Morgan fingerprint density at radius 2 is 2.14 bits per heavy atom. The molecule has 5 rings (SSSR count). The van der Waals surface area contributed by atoms with Gasteiger partial charge in [0.25, 0.3) is 0 Å². The highest BCUT2D eigenvalue weighted by atomic mass is 16.3. The van der Waals surface area contributed by atoms with E-state index in [1.54, 1.807) is 0 Å². The third-order valence-corrected chi connectivity index (χ3v) is 5.58. The van der Waals surface area contributed by atoms with Crippen molar-refractivity contribution in [3.8, 4) is 0 Å².